The van der Waals surface area contributed by atoms with Gasteiger partial charge in [0.2, 0.25) is 5.91 Å². The first-order valence-corrected chi connectivity index (χ1v) is 11.3. The molecule has 1 aromatic carbocycles. The molecule has 0 unspecified atom stereocenters. The minimum absolute atomic E-state index is 0.0136. The van der Waals surface area contributed by atoms with Crippen LogP contribution in [0.3, 0.4) is 0 Å². The number of anilines is 2. The largest absolute Gasteiger partial charge is 0.369 e. The van der Waals surface area contributed by atoms with Crippen molar-refractivity contribution in [3.63, 3.8) is 0 Å². The van der Waals surface area contributed by atoms with Gasteiger partial charge in [-0.15, -0.1) is 11.3 Å². The molecule has 29 heavy (non-hydrogen) atoms. The third-order valence-corrected chi connectivity index (χ3v) is 7.40. The number of nitrogens with zero attached hydrogens (tertiary/aromatic N) is 3. The highest BCUT2D eigenvalue weighted by atomic mass is 32.1. The summed E-state index contributed by atoms with van der Waals surface area (Å²) < 4.78 is 0. The number of nitrogens with one attached hydrogen (secondary N) is 1. The quantitative estimate of drug-likeness (QED) is 0.834. The monoisotopic (exact) mass is 408 g/mol. The van der Waals surface area contributed by atoms with Gasteiger partial charge in [-0.3, -0.25) is 9.69 Å². The van der Waals surface area contributed by atoms with Crippen LogP contribution in [-0.4, -0.2) is 43.5 Å². The van der Waals surface area contributed by atoms with Gasteiger partial charge in [-0.05, 0) is 62.3 Å². The van der Waals surface area contributed by atoms with Gasteiger partial charge in [0, 0.05) is 36.7 Å². The summed E-state index contributed by atoms with van der Waals surface area (Å²) in [6, 6.07) is 8.78. The summed E-state index contributed by atoms with van der Waals surface area (Å²) in [7, 11) is 0. The summed E-state index contributed by atoms with van der Waals surface area (Å²) in [4.78, 5) is 18.5. The van der Waals surface area contributed by atoms with E-state index in [1.165, 1.54) is 33.7 Å². The number of fused-ring (bicyclic) bond motifs is 1. The average Bonchev–Trinajstić information content (AvgIpc) is 3.07. The van der Waals surface area contributed by atoms with E-state index >= 15 is 0 Å². The van der Waals surface area contributed by atoms with Crippen molar-refractivity contribution in [2.75, 3.05) is 42.9 Å². The molecule has 5 nitrogen and oxygen atoms in total. The lowest BCUT2D eigenvalue weighted by Gasteiger charge is -2.36. The molecule has 152 valence electrons. The summed E-state index contributed by atoms with van der Waals surface area (Å²) in [6.07, 6.45) is 4.31. The van der Waals surface area contributed by atoms with Crippen LogP contribution in [0.2, 0.25) is 0 Å². The fraction of sp³-hybridized carbons (Fsp3) is 0.478. The molecule has 1 aliphatic heterocycles. The van der Waals surface area contributed by atoms with E-state index in [9.17, 15) is 10.1 Å². The van der Waals surface area contributed by atoms with Gasteiger partial charge in [-0.2, -0.15) is 5.26 Å². The van der Waals surface area contributed by atoms with E-state index in [2.05, 4.69) is 53.2 Å². The number of rotatable bonds is 4. The fourth-order valence-electron chi connectivity index (χ4n) is 4.37. The van der Waals surface area contributed by atoms with E-state index in [0.717, 1.165) is 50.4 Å². The molecule has 1 saturated heterocycles. The highest BCUT2D eigenvalue weighted by Gasteiger charge is 2.24. The molecule has 0 radical (unpaired) electrons. The Morgan fingerprint density at radius 1 is 1.17 bits per heavy atom. The average molecular weight is 409 g/mol. The summed E-state index contributed by atoms with van der Waals surface area (Å²) in [5.74, 6) is -0.0136. The lowest BCUT2D eigenvalue weighted by molar-refractivity contribution is -0.117. The van der Waals surface area contributed by atoms with Gasteiger partial charge < -0.3 is 10.2 Å². The summed E-state index contributed by atoms with van der Waals surface area (Å²) >= 11 is 1.60. The second-order valence-corrected chi connectivity index (χ2v) is 9.16. The number of amides is 1. The van der Waals surface area contributed by atoms with E-state index in [1.54, 1.807) is 11.3 Å². The van der Waals surface area contributed by atoms with Crippen LogP contribution in [-0.2, 0) is 17.6 Å². The lowest BCUT2D eigenvalue weighted by atomic mass is 9.96. The zero-order valence-electron chi connectivity index (χ0n) is 17.3. The van der Waals surface area contributed by atoms with Crippen LogP contribution in [0.15, 0.2) is 18.2 Å². The maximum Gasteiger partial charge on any atom is 0.239 e. The van der Waals surface area contributed by atoms with Crippen molar-refractivity contribution < 1.29 is 4.79 Å². The van der Waals surface area contributed by atoms with E-state index in [1.807, 2.05) is 0 Å². The number of hydrogen-bond acceptors (Lipinski definition) is 5. The topological polar surface area (TPSA) is 59.4 Å². The first-order valence-electron chi connectivity index (χ1n) is 10.4. The summed E-state index contributed by atoms with van der Waals surface area (Å²) in [6.45, 7) is 8.30. The molecule has 0 spiro atoms. The molecule has 2 heterocycles. The van der Waals surface area contributed by atoms with Gasteiger partial charge in [0.1, 0.15) is 11.1 Å². The second kappa shape index (κ2) is 8.56. The van der Waals surface area contributed by atoms with Crippen LogP contribution >= 0.6 is 11.3 Å². The van der Waals surface area contributed by atoms with Crippen molar-refractivity contribution in [2.45, 2.75) is 39.5 Å². The van der Waals surface area contributed by atoms with Crippen molar-refractivity contribution in [2.24, 2.45) is 0 Å². The van der Waals surface area contributed by atoms with Crippen molar-refractivity contribution >= 4 is 27.9 Å². The number of carbonyl (C=O) groups is 1. The van der Waals surface area contributed by atoms with E-state index < -0.39 is 0 Å². The van der Waals surface area contributed by atoms with Crippen molar-refractivity contribution in [3.8, 4) is 6.07 Å². The Kier molecular flexibility index (Phi) is 5.89. The van der Waals surface area contributed by atoms with Crippen molar-refractivity contribution in [1.29, 1.82) is 5.26 Å². The predicted molar refractivity (Wildman–Crippen MR) is 119 cm³/mol. The lowest BCUT2D eigenvalue weighted by Crippen LogP contribution is -2.48. The highest BCUT2D eigenvalue weighted by molar-refractivity contribution is 7.16. The zero-order chi connectivity index (χ0) is 20.4. The maximum atomic E-state index is 12.6. The zero-order valence-corrected chi connectivity index (χ0v) is 18.1. The smallest absolute Gasteiger partial charge is 0.239 e. The molecule has 0 atom stereocenters. The molecular formula is C23H28N4OS. The summed E-state index contributed by atoms with van der Waals surface area (Å²) in [5, 5.41) is 13.3. The standard InChI is InChI=1S/C23H28N4OS/c1-16-6-5-8-20(17(16)2)27-12-10-26(11-13-27)15-22(28)25-23-19(14-24)18-7-3-4-9-21(18)29-23/h5-6,8H,3-4,7,9-13,15H2,1-2H3,(H,25,28). The molecule has 1 aromatic heterocycles. The van der Waals surface area contributed by atoms with Crippen LogP contribution in [0.4, 0.5) is 10.7 Å². The van der Waals surface area contributed by atoms with E-state index in [0.29, 0.717) is 12.1 Å². The predicted octanol–water partition coefficient (Wildman–Crippen LogP) is 3.88. The van der Waals surface area contributed by atoms with Crippen LogP contribution in [0, 0.1) is 25.2 Å². The van der Waals surface area contributed by atoms with Gasteiger partial charge in [0.25, 0.3) is 0 Å². The van der Waals surface area contributed by atoms with Gasteiger partial charge in [-0.1, -0.05) is 12.1 Å². The molecule has 1 aliphatic carbocycles. The normalized spacial score (nSPS) is 16.9. The number of nitriles is 1. The Morgan fingerprint density at radius 3 is 2.69 bits per heavy atom. The van der Waals surface area contributed by atoms with Crippen LogP contribution in [0.25, 0.3) is 0 Å². The van der Waals surface area contributed by atoms with Gasteiger partial charge in [0.15, 0.2) is 0 Å². The molecule has 0 bridgehead atoms. The molecule has 1 amide bonds. The number of hydrogen-bond donors (Lipinski definition) is 1. The van der Waals surface area contributed by atoms with E-state index in [4.69, 9.17) is 0 Å². The van der Waals surface area contributed by atoms with Crippen molar-refractivity contribution in [3.05, 3.63) is 45.3 Å². The van der Waals surface area contributed by atoms with Crippen LogP contribution < -0.4 is 10.2 Å². The molecule has 1 N–H and O–H groups in total. The minimum Gasteiger partial charge on any atom is -0.369 e. The highest BCUT2D eigenvalue weighted by Crippen LogP contribution is 2.37. The van der Waals surface area contributed by atoms with Crippen molar-refractivity contribution in [1.82, 2.24) is 4.90 Å². The number of aryl methyl sites for hydroxylation is 2. The molecule has 4 rings (SSSR count). The Labute approximate surface area is 176 Å². The van der Waals surface area contributed by atoms with E-state index in [-0.39, 0.29) is 5.91 Å². The number of thiophene rings is 1. The molecular weight excluding hydrogens is 380 g/mol. The molecule has 6 heteroatoms. The Balaban J connectivity index is 1.34. The van der Waals surface area contributed by atoms with Gasteiger partial charge in [-0.25, -0.2) is 0 Å². The third-order valence-electron chi connectivity index (χ3n) is 6.19. The first-order chi connectivity index (χ1) is 14.1. The van der Waals surface area contributed by atoms with Crippen LogP contribution in [0.5, 0.6) is 0 Å². The Bertz CT molecular complexity index is 951. The maximum absolute atomic E-state index is 12.6. The van der Waals surface area contributed by atoms with Crippen LogP contribution in [0.1, 0.15) is 40.0 Å². The minimum atomic E-state index is -0.0136. The number of carbonyl (C=O) groups excluding carboxylic acids is 1. The molecule has 2 aliphatic rings. The second-order valence-electron chi connectivity index (χ2n) is 8.06. The third kappa shape index (κ3) is 4.17. The summed E-state index contributed by atoms with van der Waals surface area (Å²) in [5.41, 5.74) is 5.82. The first kappa shape index (κ1) is 19.9. The number of piperazine rings is 1. The molecule has 2 aromatic rings. The fourth-order valence-corrected chi connectivity index (χ4v) is 5.62. The Morgan fingerprint density at radius 2 is 1.93 bits per heavy atom. The molecule has 0 saturated carbocycles. The van der Waals surface area contributed by atoms with Gasteiger partial charge >= 0.3 is 0 Å². The SMILES string of the molecule is Cc1cccc(N2CCN(CC(=O)Nc3sc4c(c3C#N)CCCC4)CC2)c1C. The number of benzene rings is 1. The molecule has 1 fully saturated rings. The Hall–Kier alpha value is -2.36. The van der Waals surface area contributed by atoms with Gasteiger partial charge in [0.05, 0.1) is 12.1 Å².